The maximum absolute atomic E-state index is 11.8. The molecule has 0 saturated heterocycles. The molecule has 0 bridgehead atoms. The smallest absolute Gasteiger partial charge is 0.313 e. The van der Waals surface area contributed by atoms with Gasteiger partial charge in [-0.1, -0.05) is 0 Å². The van der Waals surface area contributed by atoms with Gasteiger partial charge in [0.15, 0.2) is 9.84 Å². The number of aliphatic carboxylic acids is 1. The molecule has 96 valence electrons. The summed E-state index contributed by atoms with van der Waals surface area (Å²) >= 11 is 1.06. The monoisotopic (exact) mass is 285 g/mol. The predicted molar refractivity (Wildman–Crippen MR) is 68.2 cm³/mol. The first kappa shape index (κ1) is 14.5. The van der Waals surface area contributed by atoms with Gasteiger partial charge in [0.2, 0.25) is 0 Å². The average Bonchev–Trinajstić information content (AvgIpc) is 2.34. The van der Waals surface area contributed by atoms with Crippen molar-refractivity contribution in [1.29, 1.82) is 5.26 Å². The molecule has 0 aromatic heterocycles. The van der Waals surface area contributed by atoms with Gasteiger partial charge in [-0.25, -0.2) is 8.42 Å². The Hall–Kier alpha value is -1.52. The van der Waals surface area contributed by atoms with Gasteiger partial charge in [-0.3, -0.25) is 4.79 Å². The van der Waals surface area contributed by atoms with Crippen molar-refractivity contribution in [1.82, 2.24) is 0 Å². The molecule has 5 nitrogen and oxygen atoms in total. The fourth-order valence-corrected chi connectivity index (χ4v) is 3.64. The number of carboxylic acids is 1. The fourth-order valence-electron chi connectivity index (χ4n) is 1.18. The molecular formula is C11H11NO4S2. The van der Waals surface area contributed by atoms with E-state index in [0.717, 1.165) is 11.8 Å². The second-order valence-corrected chi connectivity index (χ2v) is 6.62. The van der Waals surface area contributed by atoms with Crippen LogP contribution in [0.5, 0.6) is 0 Å². The molecule has 7 heteroatoms. The molecule has 0 aliphatic rings. The molecule has 0 unspecified atom stereocenters. The van der Waals surface area contributed by atoms with Gasteiger partial charge in [-0.2, -0.15) is 5.26 Å². The van der Waals surface area contributed by atoms with Crippen LogP contribution in [0.25, 0.3) is 0 Å². The summed E-state index contributed by atoms with van der Waals surface area (Å²) in [5.41, 5.74) is 0.397. The van der Waals surface area contributed by atoms with Crippen molar-refractivity contribution >= 4 is 27.6 Å². The van der Waals surface area contributed by atoms with Crippen LogP contribution in [0.2, 0.25) is 0 Å². The molecule has 0 saturated carbocycles. The van der Waals surface area contributed by atoms with Crippen molar-refractivity contribution < 1.29 is 18.3 Å². The summed E-state index contributed by atoms with van der Waals surface area (Å²) < 4.78 is 23.7. The molecule has 1 N–H and O–H groups in total. The zero-order valence-electron chi connectivity index (χ0n) is 9.37. The topological polar surface area (TPSA) is 95.2 Å². The number of thioether (sulfide) groups is 1. The molecule has 0 atom stereocenters. The van der Waals surface area contributed by atoms with E-state index in [1.165, 1.54) is 24.3 Å². The average molecular weight is 285 g/mol. The normalized spacial score (nSPS) is 10.8. The number of nitriles is 1. The van der Waals surface area contributed by atoms with Gasteiger partial charge in [0.25, 0.3) is 0 Å². The Labute approximate surface area is 109 Å². The molecule has 0 amide bonds. The Morgan fingerprint density at radius 1 is 1.33 bits per heavy atom. The van der Waals surface area contributed by atoms with Gasteiger partial charge in [0.1, 0.15) is 0 Å². The molecule has 0 radical (unpaired) electrons. The van der Waals surface area contributed by atoms with Crippen molar-refractivity contribution in [2.45, 2.75) is 4.90 Å². The van der Waals surface area contributed by atoms with Crippen LogP contribution < -0.4 is 0 Å². The standard InChI is InChI=1S/C11H11NO4S2/c12-7-9-1-3-10(4-2-9)18(15,16)6-5-17-8-11(13)14/h1-4H,5-6,8H2,(H,13,14). The highest BCUT2D eigenvalue weighted by Crippen LogP contribution is 2.14. The summed E-state index contributed by atoms with van der Waals surface area (Å²) in [5.74, 6) is -0.954. The molecule has 0 aliphatic heterocycles. The second kappa shape index (κ2) is 6.42. The molecule has 0 spiro atoms. The Balaban J connectivity index is 2.63. The summed E-state index contributed by atoms with van der Waals surface area (Å²) in [6.45, 7) is 0. The first-order valence-electron chi connectivity index (χ1n) is 4.98. The molecule has 0 aliphatic carbocycles. The largest absolute Gasteiger partial charge is 0.481 e. The van der Waals surface area contributed by atoms with Crippen LogP contribution >= 0.6 is 11.8 Å². The van der Waals surface area contributed by atoms with Crippen molar-refractivity contribution in [3.8, 4) is 6.07 Å². The Morgan fingerprint density at radius 2 is 1.94 bits per heavy atom. The number of benzene rings is 1. The van der Waals surface area contributed by atoms with E-state index in [4.69, 9.17) is 10.4 Å². The summed E-state index contributed by atoms with van der Waals surface area (Å²) in [6, 6.07) is 7.56. The lowest BCUT2D eigenvalue weighted by molar-refractivity contribution is -0.133. The van der Waals surface area contributed by atoms with Crippen LogP contribution in [0.1, 0.15) is 5.56 Å². The number of hydrogen-bond acceptors (Lipinski definition) is 5. The minimum absolute atomic E-state index is 0.108. The van der Waals surface area contributed by atoms with Crippen LogP contribution in [0.3, 0.4) is 0 Å². The number of rotatable bonds is 6. The third-order valence-corrected chi connectivity index (χ3v) is 5.00. The van der Waals surface area contributed by atoms with Crippen molar-refractivity contribution in [3.05, 3.63) is 29.8 Å². The number of carboxylic acid groups (broad SMARTS) is 1. The first-order chi connectivity index (χ1) is 8.45. The predicted octanol–water partition coefficient (Wildman–Crippen LogP) is 1.15. The van der Waals surface area contributed by atoms with Gasteiger partial charge in [-0.15, -0.1) is 11.8 Å². The lowest BCUT2D eigenvalue weighted by atomic mass is 10.2. The fraction of sp³-hybridized carbons (Fsp3) is 0.273. The molecule has 18 heavy (non-hydrogen) atoms. The maximum Gasteiger partial charge on any atom is 0.313 e. The highest BCUT2D eigenvalue weighted by molar-refractivity contribution is 8.01. The van der Waals surface area contributed by atoms with Gasteiger partial charge in [0, 0.05) is 5.75 Å². The van der Waals surface area contributed by atoms with Gasteiger partial charge < -0.3 is 5.11 Å². The second-order valence-electron chi connectivity index (χ2n) is 3.40. The van der Waals surface area contributed by atoms with Crippen molar-refractivity contribution in [2.24, 2.45) is 0 Å². The summed E-state index contributed by atoms with van der Waals surface area (Å²) in [5, 5.41) is 17.0. The van der Waals surface area contributed by atoms with Crippen LogP contribution in [-0.2, 0) is 14.6 Å². The zero-order valence-corrected chi connectivity index (χ0v) is 11.0. The minimum atomic E-state index is -3.41. The van der Waals surface area contributed by atoms with E-state index >= 15 is 0 Å². The number of hydrogen-bond donors (Lipinski definition) is 1. The number of sulfone groups is 1. The third kappa shape index (κ3) is 4.39. The molecular weight excluding hydrogens is 274 g/mol. The Morgan fingerprint density at radius 3 is 2.44 bits per heavy atom. The minimum Gasteiger partial charge on any atom is -0.481 e. The van der Waals surface area contributed by atoms with Gasteiger partial charge in [0.05, 0.1) is 28.0 Å². The summed E-state index contributed by atoms with van der Waals surface area (Å²) in [6.07, 6.45) is 0. The van der Waals surface area contributed by atoms with Gasteiger partial charge in [-0.05, 0) is 24.3 Å². The van der Waals surface area contributed by atoms with Gasteiger partial charge >= 0.3 is 5.97 Å². The van der Waals surface area contributed by atoms with E-state index in [-0.39, 0.29) is 22.2 Å². The van der Waals surface area contributed by atoms with Crippen molar-refractivity contribution in [2.75, 3.05) is 17.3 Å². The zero-order chi connectivity index (χ0) is 13.6. The third-order valence-electron chi connectivity index (χ3n) is 2.06. The SMILES string of the molecule is N#Cc1ccc(S(=O)(=O)CCSCC(=O)O)cc1. The highest BCUT2D eigenvalue weighted by Gasteiger charge is 2.14. The van der Waals surface area contributed by atoms with Crippen LogP contribution in [-0.4, -0.2) is 36.8 Å². The van der Waals surface area contributed by atoms with Crippen molar-refractivity contribution in [3.63, 3.8) is 0 Å². The van der Waals surface area contributed by atoms with E-state index in [1.807, 2.05) is 6.07 Å². The van der Waals surface area contributed by atoms with Crippen LogP contribution in [0, 0.1) is 11.3 Å². The van der Waals surface area contributed by atoms with E-state index < -0.39 is 15.8 Å². The van der Waals surface area contributed by atoms with E-state index in [1.54, 1.807) is 0 Å². The molecule has 0 fully saturated rings. The summed E-state index contributed by atoms with van der Waals surface area (Å²) in [4.78, 5) is 10.4. The molecule has 1 aromatic rings. The molecule has 1 rings (SSSR count). The number of carbonyl (C=O) groups is 1. The number of nitrogens with zero attached hydrogens (tertiary/aromatic N) is 1. The van der Waals surface area contributed by atoms with E-state index in [0.29, 0.717) is 5.56 Å². The van der Waals surface area contributed by atoms with E-state index in [9.17, 15) is 13.2 Å². The maximum atomic E-state index is 11.8. The van der Waals surface area contributed by atoms with E-state index in [2.05, 4.69) is 0 Å². The molecule has 0 heterocycles. The Bertz CT molecular complexity index is 558. The Kier molecular flexibility index (Phi) is 5.19. The highest BCUT2D eigenvalue weighted by atomic mass is 32.2. The first-order valence-corrected chi connectivity index (χ1v) is 7.79. The van der Waals surface area contributed by atoms with Crippen LogP contribution in [0.4, 0.5) is 0 Å². The van der Waals surface area contributed by atoms with Crippen LogP contribution in [0.15, 0.2) is 29.2 Å². The quantitative estimate of drug-likeness (QED) is 0.788. The summed E-state index contributed by atoms with van der Waals surface area (Å²) in [7, 11) is -3.41. The lowest BCUT2D eigenvalue weighted by Gasteiger charge is -2.03. The lowest BCUT2D eigenvalue weighted by Crippen LogP contribution is -2.10. The molecule has 1 aromatic carbocycles.